The number of ether oxygens (including phenoxy) is 1. The van der Waals surface area contributed by atoms with Crippen molar-refractivity contribution in [2.75, 3.05) is 13.1 Å². The minimum absolute atomic E-state index is 0. The van der Waals surface area contributed by atoms with Crippen molar-refractivity contribution in [3.8, 4) is 5.75 Å². The molecular weight excluding hydrogens is 419 g/mol. The number of hydrogen-bond donors (Lipinski definition) is 3. The minimum atomic E-state index is -2.89. The Morgan fingerprint density at radius 3 is 2.78 bits per heavy atom. The molecule has 1 atom stereocenters. The molecule has 0 spiro atoms. The summed E-state index contributed by atoms with van der Waals surface area (Å²) in [7, 11) is 0. The molecule has 1 aliphatic carbocycles. The van der Waals surface area contributed by atoms with Crippen LogP contribution >= 0.6 is 24.0 Å². The summed E-state index contributed by atoms with van der Waals surface area (Å²) in [6.07, 6.45) is 2.75. The molecule has 0 bridgehead atoms. The van der Waals surface area contributed by atoms with Crippen molar-refractivity contribution in [1.82, 2.24) is 5.32 Å². The van der Waals surface area contributed by atoms with Crippen molar-refractivity contribution in [2.24, 2.45) is 16.6 Å². The van der Waals surface area contributed by atoms with Crippen molar-refractivity contribution >= 4 is 29.9 Å². The van der Waals surface area contributed by atoms with Crippen LogP contribution in [-0.2, 0) is 0 Å². The first-order chi connectivity index (χ1) is 10.5. The Balaban J connectivity index is 0.00000264. The molecule has 0 heterocycles. The van der Waals surface area contributed by atoms with Gasteiger partial charge in [0.1, 0.15) is 5.75 Å². The highest BCUT2D eigenvalue weighted by atomic mass is 127. The molecule has 130 valence electrons. The molecule has 0 radical (unpaired) electrons. The van der Waals surface area contributed by atoms with Gasteiger partial charge in [-0.2, -0.15) is 8.78 Å². The van der Waals surface area contributed by atoms with Crippen LogP contribution < -0.4 is 15.8 Å². The highest BCUT2D eigenvalue weighted by Crippen LogP contribution is 2.25. The fourth-order valence-electron chi connectivity index (χ4n) is 2.19. The van der Waals surface area contributed by atoms with E-state index in [4.69, 9.17) is 5.73 Å². The molecule has 0 aliphatic heterocycles. The molecule has 4 N–H and O–H groups in total. The number of nitrogens with one attached hydrogen (secondary N) is 1. The van der Waals surface area contributed by atoms with Gasteiger partial charge in [0.15, 0.2) is 5.96 Å². The molecule has 0 amide bonds. The molecule has 23 heavy (non-hydrogen) atoms. The van der Waals surface area contributed by atoms with Crippen molar-refractivity contribution < 1.29 is 18.6 Å². The molecule has 8 heteroatoms. The Hall–Kier alpha value is -1.16. The average Bonchev–Trinajstić information content (AvgIpc) is 2.42. The largest absolute Gasteiger partial charge is 0.435 e. The van der Waals surface area contributed by atoms with Gasteiger partial charge in [-0.15, -0.1) is 24.0 Å². The number of halogens is 3. The molecule has 1 unspecified atom stereocenters. The predicted molar refractivity (Wildman–Crippen MR) is 95.3 cm³/mol. The van der Waals surface area contributed by atoms with Gasteiger partial charge in [-0.05, 0) is 36.5 Å². The SMILES string of the molecule is I.NC(=NCC(O)c1cccc(OC(F)F)c1)NCC1CCC1. The maximum Gasteiger partial charge on any atom is 0.387 e. The first-order valence-electron chi connectivity index (χ1n) is 7.31. The zero-order chi connectivity index (χ0) is 15.9. The van der Waals surface area contributed by atoms with E-state index in [0.29, 0.717) is 11.5 Å². The fourth-order valence-corrected chi connectivity index (χ4v) is 2.19. The number of nitrogens with zero attached hydrogens (tertiary/aromatic N) is 1. The third kappa shape index (κ3) is 6.86. The smallest absolute Gasteiger partial charge is 0.387 e. The highest BCUT2D eigenvalue weighted by Gasteiger charge is 2.17. The van der Waals surface area contributed by atoms with E-state index in [1.807, 2.05) is 0 Å². The summed E-state index contributed by atoms with van der Waals surface area (Å²) in [6, 6.07) is 5.93. The quantitative estimate of drug-likeness (QED) is 0.346. The number of rotatable bonds is 7. The number of hydrogen-bond acceptors (Lipinski definition) is 3. The van der Waals surface area contributed by atoms with E-state index in [1.165, 1.54) is 37.5 Å². The predicted octanol–water partition coefficient (Wildman–Crippen LogP) is 2.64. The summed E-state index contributed by atoms with van der Waals surface area (Å²) in [6.45, 7) is -2.04. The lowest BCUT2D eigenvalue weighted by molar-refractivity contribution is -0.0499. The van der Waals surface area contributed by atoms with E-state index in [0.717, 1.165) is 6.54 Å². The third-order valence-electron chi connectivity index (χ3n) is 3.70. The minimum Gasteiger partial charge on any atom is -0.435 e. The van der Waals surface area contributed by atoms with Crippen molar-refractivity contribution in [3.63, 3.8) is 0 Å². The Labute approximate surface area is 151 Å². The number of benzene rings is 1. The number of alkyl halides is 2. The lowest BCUT2D eigenvalue weighted by Gasteiger charge is -2.25. The van der Waals surface area contributed by atoms with Crippen LogP contribution in [-0.4, -0.2) is 30.8 Å². The number of aliphatic imine (C=N–C) groups is 1. The lowest BCUT2D eigenvalue weighted by Crippen LogP contribution is -2.37. The van der Waals surface area contributed by atoms with Crippen LogP contribution in [0.2, 0.25) is 0 Å². The Kier molecular flexibility index (Phi) is 8.53. The lowest BCUT2D eigenvalue weighted by atomic mass is 9.85. The van der Waals surface area contributed by atoms with Crippen LogP contribution in [0.25, 0.3) is 0 Å². The topological polar surface area (TPSA) is 79.9 Å². The molecule has 5 nitrogen and oxygen atoms in total. The fraction of sp³-hybridized carbons (Fsp3) is 0.533. The first kappa shape index (κ1) is 19.9. The number of aliphatic hydroxyl groups excluding tert-OH is 1. The van der Waals surface area contributed by atoms with Crippen molar-refractivity contribution in [2.45, 2.75) is 32.0 Å². The Bertz CT molecular complexity index is 513. The van der Waals surface area contributed by atoms with E-state index in [-0.39, 0.29) is 42.2 Å². The van der Waals surface area contributed by atoms with Crippen LogP contribution in [0.15, 0.2) is 29.3 Å². The Morgan fingerprint density at radius 2 is 2.17 bits per heavy atom. The second-order valence-corrected chi connectivity index (χ2v) is 5.37. The van der Waals surface area contributed by atoms with Crippen LogP contribution in [0.1, 0.15) is 30.9 Å². The summed E-state index contributed by atoms with van der Waals surface area (Å²) in [4.78, 5) is 4.07. The molecule has 1 fully saturated rings. The Morgan fingerprint density at radius 1 is 1.43 bits per heavy atom. The first-order valence-corrected chi connectivity index (χ1v) is 7.31. The maximum atomic E-state index is 12.2. The van der Waals surface area contributed by atoms with E-state index < -0.39 is 12.7 Å². The van der Waals surface area contributed by atoms with Gasteiger partial charge in [0, 0.05) is 6.54 Å². The van der Waals surface area contributed by atoms with Gasteiger partial charge >= 0.3 is 6.61 Å². The van der Waals surface area contributed by atoms with Gasteiger partial charge in [0.25, 0.3) is 0 Å². The number of guanidine groups is 1. The van der Waals surface area contributed by atoms with Crippen molar-refractivity contribution in [1.29, 1.82) is 0 Å². The highest BCUT2D eigenvalue weighted by molar-refractivity contribution is 14.0. The van der Waals surface area contributed by atoms with Gasteiger partial charge in [-0.1, -0.05) is 18.6 Å². The zero-order valence-corrected chi connectivity index (χ0v) is 15.0. The normalized spacial score (nSPS) is 16.4. The van der Waals surface area contributed by atoms with Crippen LogP contribution in [0.5, 0.6) is 5.75 Å². The number of aliphatic hydroxyl groups is 1. The summed E-state index contributed by atoms with van der Waals surface area (Å²) < 4.78 is 28.6. The van der Waals surface area contributed by atoms with Gasteiger partial charge in [-0.3, -0.25) is 4.99 Å². The molecule has 0 aromatic heterocycles. The molecule has 1 aromatic carbocycles. The number of nitrogens with two attached hydrogens (primary N) is 1. The molecule has 0 saturated heterocycles. The summed E-state index contributed by atoms with van der Waals surface area (Å²) in [5.74, 6) is 0.944. The molecule has 1 aliphatic rings. The second-order valence-electron chi connectivity index (χ2n) is 5.37. The standard InChI is InChI=1S/C15H21F2N3O2.HI/c16-14(17)22-12-6-2-5-11(7-12)13(21)9-20-15(18)19-8-10-3-1-4-10;/h2,5-7,10,13-14,21H,1,3-4,8-9H2,(H3,18,19,20);1H. The van der Waals surface area contributed by atoms with E-state index >= 15 is 0 Å². The molecule has 1 saturated carbocycles. The van der Waals surface area contributed by atoms with Crippen molar-refractivity contribution in [3.05, 3.63) is 29.8 Å². The molecular formula is C15H22F2IN3O2. The van der Waals surface area contributed by atoms with E-state index in [1.54, 1.807) is 6.07 Å². The van der Waals surface area contributed by atoms with Gasteiger partial charge < -0.3 is 20.9 Å². The zero-order valence-electron chi connectivity index (χ0n) is 12.6. The summed E-state index contributed by atoms with van der Waals surface area (Å²) in [5, 5.41) is 13.1. The summed E-state index contributed by atoms with van der Waals surface area (Å²) >= 11 is 0. The monoisotopic (exact) mass is 441 g/mol. The van der Waals surface area contributed by atoms with Gasteiger partial charge in [0.05, 0.1) is 12.6 Å². The molecule has 1 aromatic rings. The average molecular weight is 441 g/mol. The van der Waals surface area contributed by atoms with Gasteiger partial charge in [-0.25, -0.2) is 0 Å². The summed E-state index contributed by atoms with van der Waals surface area (Å²) in [5.41, 5.74) is 6.18. The van der Waals surface area contributed by atoms with Gasteiger partial charge in [0.2, 0.25) is 0 Å². The second kappa shape index (κ2) is 9.86. The van der Waals surface area contributed by atoms with Crippen LogP contribution in [0.3, 0.4) is 0 Å². The molecule has 2 rings (SSSR count). The van der Waals surface area contributed by atoms with Crippen LogP contribution in [0, 0.1) is 5.92 Å². The third-order valence-corrected chi connectivity index (χ3v) is 3.70. The maximum absolute atomic E-state index is 12.2. The van der Waals surface area contributed by atoms with E-state index in [9.17, 15) is 13.9 Å². The van der Waals surface area contributed by atoms with E-state index in [2.05, 4.69) is 15.0 Å². The van der Waals surface area contributed by atoms with Crippen LogP contribution in [0.4, 0.5) is 8.78 Å².